The van der Waals surface area contributed by atoms with Crippen LogP contribution < -0.4 is 4.90 Å². The zero-order valence-corrected chi connectivity index (χ0v) is 12.4. The van der Waals surface area contributed by atoms with Gasteiger partial charge >= 0.3 is 5.97 Å². The predicted molar refractivity (Wildman–Crippen MR) is 78.0 cm³/mol. The number of nitro groups is 1. The summed E-state index contributed by atoms with van der Waals surface area (Å²) in [4.78, 5) is 23.3. The molecule has 1 unspecified atom stereocenters. The summed E-state index contributed by atoms with van der Waals surface area (Å²) >= 11 is 3.24. The van der Waals surface area contributed by atoms with Crippen molar-refractivity contribution in [2.75, 3.05) is 18.0 Å². The number of benzene rings is 1. The Morgan fingerprint density at radius 1 is 1.55 bits per heavy atom. The van der Waals surface area contributed by atoms with Gasteiger partial charge in [-0.05, 0) is 30.9 Å². The van der Waals surface area contributed by atoms with E-state index >= 15 is 0 Å². The van der Waals surface area contributed by atoms with E-state index in [2.05, 4.69) is 15.9 Å². The number of rotatable bonds is 5. The SMILES string of the molecule is O=C(O)CCC1CCN(c2ccc(Br)cc2[N+](=O)[O-])C1. The fraction of sp³-hybridized carbons (Fsp3) is 0.462. The molecule has 1 atom stereocenters. The zero-order valence-electron chi connectivity index (χ0n) is 10.8. The maximum Gasteiger partial charge on any atom is 0.303 e. The molecule has 108 valence electrons. The van der Waals surface area contributed by atoms with Crippen molar-refractivity contribution in [3.05, 3.63) is 32.8 Å². The average molecular weight is 343 g/mol. The standard InChI is InChI=1S/C13H15BrN2O4/c14-10-2-3-11(12(7-10)16(19)20)15-6-5-9(8-15)1-4-13(17)18/h2-3,7,9H,1,4-6,8H2,(H,17,18). The lowest BCUT2D eigenvalue weighted by Gasteiger charge is -2.18. The van der Waals surface area contributed by atoms with Crippen molar-refractivity contribution in [1.29, 1.82) is 0 Å². The van der Waals surface area contributed by atoms with Gasteiger partial charge in [0.15, 0.2) is 0 Å². The van der Waals surface area contributed by atoms with Crippen LogP contribution in [0.15, 0.2) is 22.7 Å². The van der Waals surface area contributed by atoms with Crippen LogP contribution >= 0.6 is 15.9 Å². The highest BCUT2D eigenvalue weighted by atomic mass is 79.9. The van der Waals surface area contributed by atoms with E-state index in [0.717, 1.165) is 13.0 Å². The van der Waals surface area contributed by atoms with E-state index in [9.17, 15) is 14.9 Å². The Labute approximate surface area is 124 Å². The lowest BCUT2D eigenvalue weighted by molar-refractivity contribution is -0.384. The van der Waals surface area contributed by atoms with Gasteiger partial charge in [-0.1, -0.05) is 15.9 Å². The number of halogens is 1. The Bertz CT molecular complexity index is 535. The lowest BCUT2D eigenvalue weighted by atomic mass is 10.0. The summed E-state index contributed by atoms with van der Waals surface area (Å²) in [7, 11) is 0. The molecule has 0 aliphatic carbocycles. The number of nitro benzene ring substituents is 1. The van der Waals surface area contributed by atoms with Crippen LogP contribution in [0.4, 0.5) is 11.4 Å². The number of carboxylic acids is 1. The molecule has 0 aromatic heterocycles. The monoisotopic (exact) mass is 342 g/mol. The number of hydrogen-bond donors (Lipinski definition) is 1. The molecule has 1 aromatic carbocycles. The zero-order chi connectivity index (χ0) is 14.7. The third-order valence-corrected chi connectivity index (χ3v) is 4.02. The van der Waals surface area contributed by atoms with Crippen molar-refractivity contribution in [2.45, 2.75) is 19.3 Å². The van der Waals surface area contributed by atoms with E-state index in [-0.39, 0.29) is 22.9 Å². The molecule has 2 rings (SSSR count). The molecule has 1 aliphatic heterocycles. The number of carboxylic acid groups (broad SMARTS) is 1. The van der Waals surface area contributed by atoms with E-state index in [1.54, 1.807) is 12.1 Å². The third-order valence-electron chi connectivity index (χ3n) is 3.53. The third kappa shape index (κ3) is 3.47. The summed E-state index contributed by atoms with van der Waals surface area (Å²) in [6.07, 6.45) is 1.65. The summed E-state index contributed by atoms with van der Waals surface area (Å²) in [6.45, 7) is 1.41. The molecule has 7 heteroatoms. The second-order valence-electron chi connectivity index (χ2n) is 4.92. The van der Waals surface area contributed by atoms with Crippen molar-refractivity contribution < 1.29 is 14.8 Å². The molecule has 1 heterocycles. The van der Waals surface area contributed by atoms with Gasteiger partial charge in [-0.25, -0.2) is 0 Å². The minimum Gasteiger partial charge on any atom is -0.481 e. The van der Waals surface area contributed by atoms with Gasteiger partial charge in [0.2, 0.25) is 0 Å². The number of nitrogens with zero attached hydrogens (tertiary/aromatic N) is 2. The minimum atomic E-state index is -0.793. The van der Waals surface area contributed by atoms with Gasteiger partial charge in [-0.3, -0.25) is 14.9 Å². The minimum absolute atomic E-state index is 0.0817. The predicted octanol–water partition coefficient (Wildman–Crippen LogP) is 3.05. The highest BCUT2D eigenvalue weighted by molar-refractivity contribution is 9.10. The van der Waals surface area contributed by atoms with Crippen molar-refractivity contribution in [3.8, 4) is 0 Å². The molecule has 1 aromatic rings. The van der Waals surface area contributed by atoms with Crippen LogP contribution in [0.3, 0.4) is 0 Å². The summed E-state index contributed by atoms with van der Waals surface area (Å²) in [5.74, 6) is -0.507. The van der Waals surface area contributed by atoms with Crippen molar-refractivity contribution in [2.24, 2.45) is 5.92 Å². The summed E-state index contributed by atoms with van der Waals surface area (Å²) < 4.78 is 0.676. The molecule has 1 aliphatic rings. The topological polar surface area (TPSA) is 83.7 Å². The first-order chi connectivity index (χ1) is 9.47. The molecule has 1 fully saturated rings. The fourth-order valence-electron chi connectivity index (χ4n) is 2.52. The molecule has 0 saturated carbocycles. The van der Waals surface area contributed by atoms with Gasteiger partial charge in [-0.15, -0.1) is 0 Å². The first kappa shape index (κ1) is 14.8. The van der Waals surface area contributed by atoms with Crippen LogP contribution in [-0.4, -0.2) is 29.1 Å². The lowest BCUT2D eigenvalue weighted by Crippen LogP contribution is -2.20. The fourth-order valence-corrected chi connectivity index (χ4v) is 2.87. The molecule has 1 saturated heterocycles. The van der Waals surface area contributed by atoms with E-state index in [1.807, 2.05) is 4.90 Å². The molecule has 0 spiro atoms. The molecule has 6 nitrogen and oxygen atoms in total. The van der Waals surface area contributed by atoms with Crippen LogP contribution in [-0.2, 0) is 4.79 Å². The molecule has 1 N–H and O–H groups in total. The second-order valence-corrected chi connectivity index (χ2v) is 5.84. The van der Waals surface area contributed by atoms with E-state index < -0.39 is 5.97 Å². The van der Waals surface area contributed by atoms with Gasteiger partial charge < -0.3 is 10.0 Å². The number of anilines is 1. The maximum atomic E-state index is 11.1. The van der Waals surface area contributed by atoms with Gasteiger partial charge in [-0.2, -0.15) is 0 Å². The van der Waals surface area contributed by atoms with Gasteiger partial charge in [0, 0.05) is 30.0 Å². The highest BCUT2D eigenvalue weighted by Crippen LogP contribution is 2.35. The maximum absolute atomic E-state index is 11.1. The molecule has 0 radical (unpaired) electrons. The number of aliphatic carboxylic acids is 1. The molecule has 0 bridgehead atoms. The second kappa shape index (κ2) is 6.21. The van der Waals surface area contributed by atoms with Crippen LogP contribution in [0.5, 0.6) is 0 Å². The summed E-state index contributed by atoms with van der Waals surface area (Å²) in [5, 5.41) is 19.8. The Morgan fingerprint density at radius 2 is 2.30 bits per heavy atom. The van der Waals surface area contributed by atoms with Crippen molar-refractivity contribution >= 4 is 33.3 Å². The Kier molecular flexibility index (Phi) is 4.59. The summed E-state index contributed by atoms with van der Waals surface area (Å²) in [5.41, 5.74) is 0.689. The normalized spacial score (nSPS) is 18.2. The van der Waals surface area contributed by atoms with E-state index in [0.29, 0.717) is 23.1 Å². The average Bonchev–Trinajstić information content (AvgIpc) is 2.84. The molecular weight excluding hydrogens is 328 g/mol. The summed E-state index contributed by atoms with van der Waals surface area (Å²) in [6, 6.07) is 5.02. The first-order valence-corrected chi connectivity index (χ1v) is 7.17. The van der Waals surface area contributed by atoms with Gasteiger partial charge in [0.25, 0.3) is 5.69 Å². The smallest absolute Gasteiger partial charge is 0.303 e. The molecular formula is C13H15BrN2O4. The van der Waals surface area contributed by atoms with E-state index in [1.165, 1.54) is 6.07 Å². The quantitative estimate of drug-likeness (QED) is 0.656. The van der Waals surface area contributed by atoms with Gasteiger partial charge in [0.1, 0.15) is 5.69 Å². The van der Waals surface area contributed by atoms with Crippen LogP contribution in [0, 0.1) is 16.0 Å². The largest absolute Gasteiger partial charge is 0.481 e. The van der Waals surface area contributed by atoms with E-state index in [4.69, 9.17) is 5.11 Å². The first-order valence-electron chi connectivity index (χ1n) is 6.38. The van der Waals surface area contributed by atoms with Gasteiger partial charge in [0.05, 0.1) is 4.92 Å². The van der Waals surface area contributed by atoms with Crippen molar-refractivity contribution in [1.82, 2.24) is 0 Å². The number of carbonyl (C=O) groups is 1. The van der Waals surface area contributed by atoms with Crippen molar-refractivity contribution in [3.63, 3.8) is 0 Å². The van der Waals surface area contributed by atoms with Crippen LogP contribution in [0.25, 0.3) is 0 Å². The van der Waals surface area contributed by atoms with Crippen LogP contribution in [0.2, 0.25) is 0 Å². The Balaban J connectivity index is 2.10. The van der Waals surface area contributed by atoms with Crippen LogP contribution in [0.1, 0.15) is 19.3 Å². The number of hydrogen-bond acceptors (Lipinski definition) is 4. The Morgan fingerprint density at radius 3 is 2.95 bits per heavy atom. The molecule has 20 heavy (non-hydrogen) atoms. The highest BCUT2D eigenvalue weighted by Gasteiger charge is 2.27. The Hall–Kier alpha value is -1.63. The molecule has 0 amide bonds.